The van der Waals surface area contributed by atoms with E-state index >= 15 is 0 Å². The van der Waals surface area contributed by atoms with Gasteiger partial charge in [-0.15, -0.1) is 0 Å². The van der Waals surface area contributed by atoms with Crippen molar-refractivity contribution in [2.75, 3.05) is 13.1 Å². The highest BCUT2D eigenvalue weighted by Gasteiger charge is 2.26. The molecule has 0 aliphatic carbocycles. The molecule has 0 aromatic heterocycles. The van der Waals surface area contributed by atoms with Gasteiger partial charge in [-0.2, -0.15) is 0 Å². The fraction of sp³-hybridized carbons (Fsp3) is 0.562. The molecule has 0 unspecified atom stereocenters. The molecule has 0 spiro atoms. The minimum atomic E-state index is -0.462. The van der Waals surface area contributed by atoms with Crippen molar-refractivity contribution in [3.05, 3.63) is 33.3 Å². The summed E-state index contributed by atoms with van der Waals surface area (Å²) in [4.78, 5) is 14.1. The summed E-state index contributed by atoms with van der Waals surface area (Å²) < 4.78 is 6.31. The lowest BCUT2D eigenvalue weighted by atomic mass is 10.2. The second kappa shape index (κ2) is 7.20. The Morgan fingerprint density at radius 1 is 1.50 bits per heavy atom. The molecule has 1 aromatic rings. The van der Waals surface area contributed by atoms with Crippen molar-refractivity contribution in [3.63, 3.8) is 0 Å². The van der Waals surface area contributed by atoms with Crippen molar-refractivity contribution >= 4 is 33.6 Å². The number of halogens is 2. The topological polar surface area (TPSA) is 41.6 Å². The van der Waals surface area contributed by atoms with Gasteiger partial charge >= 0.3 is 6.09 Å². The Balaban J connectivity index is 1.84. The Hall–Kier alpha value is -0.780. The van der Waals surface area contributed by atoms with Crippen molar-refractivity contribution in [1.82, 2.24) is 10.2 Å². The SMILES string of the molecule is CC(C)(C)OC(=O)N[C@H]1CCN(Cc2ccc(Cl)cc2Br)C1. The fourth-order valence-corrected chi connectivity index (χ4v) is 3.27. The smallest absolute Gasteiger partial charge is 0.407 e. The number of alkyl carbamates (subject to hydrolysis) is 1. The Labute approximate surface area is 145 Å². The number of ether oxygens (including phenoxy) is 1. The molecule has 6 heteroatoms. The molecule has 1 atom stereocenters. The lowest BCUT2D eigenvalue weighted by Gasteiger charge is -2.22. The van der Waals surface area contributed by atoms with Gasteiger partial charge in [-0.05, 0) is 44.9 Å². The van der Waals surface area contributed by atoms with E-state index in [9.17, 15) is 4.79 Å². The van der Waals surface area contributed by atoms with Crippen LogP contribution in [-0.2, 0) is 11.3 Å². The van der Waals surface area contributed by atoms with Gasteiger partial charge < -0.3 is 10.1 Å². The molecule has 1 N–H and O–H groups in total. The zero-order valence-electron chi connectivity index (χ0n) is 13.2. The van der Waals surface area contributed by atoms with Crippen molar-refractivity contribution in [1.29, 1.82) is 0 Å². The Kier molecular flexibility index (Phi) is 5.75. The van der Waals surface area contributed by atoms with Crippen LogP contribution in [-0.4, -0.2) is 35.7 Å². The Bertz CT molecular complexity index is 545. The first kappa shape index (κ1) is 17.6. The van der Waals surface area contributed by atoms with Gasteiger partial charge in [-0.1, -0.05) is 33.6 Å². The highest BCUT2D eigenvalue weighted by atomic mass is 79.9. The van der Waals surface area contributed by atoms with Gasteiger partial charge in [0.25, 0.3) is 0 Å². The van der Waals surface area contributed by atoms with Crippen LogP contribution in [0.25, 0.3) is 0 Å². The summed E-state index contributed by atoms with van der Waals surface area (Å²) in [5.74, 6) is 0. The van der Waals surface area contributed by atoms with Crippen molar-refractivity contribution in [3.8, 4) is 0 Å². The number of rotatable bonds is 3. The zero-order chi connectivity index (χ0) is 16.3. The maximum atomic E-state index is 11.8. The maximum Gasteiger partial charge on any atom is 0.407 e. The molecule has 1 aromatic carbocycles. The molecular formula is C16H22BrClN2O2. The molecule has 22 heavy (non-hydrogen) atoms. The summed E-state index contributed by atoms with van der Waals surface area (Å²) in [6, 6.07) is 5.97. The number of likely N-dealkylation sites (tertiary alicyclic amines) is 1. The lowest BCUT2D eigenvalue weighted by Crippen LogP contribution is -2.40. The quantitative estimate of drug-likeness (QED) is 0.842. The standard InChI is InChI=1S/C16H22BrClN2O2/c1-16(2,3)22-15(21)19-13-6-7-20(10-13)9-11-4-5-12(18)8-14(11)17/h4-5,8,13H,6-7,9-10H2,1-3H3,(H,19,21)/t13-/m0/s1. The summed E-state index contributed by atoms with van der Waals surface area (Å²) in [5, 5.41) is 3.66. The van der Waals surface area contributed by atoms with E-state index in [0.29, 0.717) is 0 Å². The van der Waals surface area contributed by atoms with E-state index in [0.717, 1.165) is 35.6 Å². The van der Waals surface area contributed by atoms with Gasteiger partial charge in [0.05, 0.1) is 0 Å². The van der Waals surface area contributed by atoms with Gasteiger partial charge in [0, 0.05) is 35.2 Å². The molecule has 0 saturated carbocycles. The van der Waals surface area contributed by atoms with Crippen molar-refractivity contribution < 1.29 is 9.53 Å². The van der Waals surface area contributed by atoms with Crippen LogP contribution in [0, 0.1) is 0 Å². The Morgan fingerprint density at radius 2 is 2.23 bits per heavy atom. The summed E-state index contributed by atoms with van der Waals surface area (Å²) in [6.45, 7) is 8.22. The summed E-state index contributed by atoms with van der Waals surface area (Å²) >= 11 is 9.50. The largest absolute Gasteiger partial charge is 0.444 e. The number of carbonyl (C=O) groups is 1. The minimum Gasteiger partial charge on any atom is -0.444 e. The van der Waals surface area contributed by atoms with E-state index in [4.69, 9.17) is 16.3 Å². The second-order valence-corrected chi connectivity index (χ2v) is 7.89. The third-order valence-electron chi connectivity index (χ3n) is 3.40. The molecule has 0 bridgehead atoms. The average Bonchev–Trinajstić information content (AvgIpc) is 2.77. The average molecular weight is 390 g/mol. The van der Waals surface area contributed by atoms with Crippen molar-refractivity contribution in [2.45, 2.75) is 45.4 Å². The molecule has 1 aliphatic rings. The minimum absolute atomic E-state index is 0.140. The van der Waals surface area contributed by atoms with Crippen molar-refractivity contribution in [2.24, 2.45) is 0 Å². The number of nitrogens with zero attached hydrogens (tertiary/aromatic N) is 1. The van der Waals surface area contributed by atoms with Crippen LogP contribution in [0.1, 0.15) is 32.8 Å². The molecule has 1 aliphatic heterocycles. The van der Waals surface area contributed by atoms with Crippen LogP contribution < -0.4 is 5.32 Å². The van der Waals surface area contributed by atoms with Gasteiger partial charge in [-0.25, -0.2) is 4.79 Å². The van der Waals surface area contributed by atoms with E-state index < -0.39 is 5.60 Å². The van der Waals surface area contributed by atoms with E-state index in [1.54, 1.807) is 0 Å². The molecule has 1 fully saturated rings. The number of hydrogen-bond donors (Lipinski definition) is 1. The van der Waals surface area contributed by atoms with Crippen LogP contribution in [0.2, 0.25) is 5.02 Å². The highest BCUT2D eigenvalue weighted by Crippen LogP contribution is 2.24. The van der Waals surface area contributed by atoms with Crippen LogP contribution in [0.3, 0.4) is 0 Å². The number of nitrogens with one attached hydrogen (secondary N) is 1. The van der Waals surface area contributed by atoms with Gasteiger partial charge in [0.1, 0.15) is 5.60 Å². The zero-order valence-corrected chi connectivity index (χ0v) is 15.5. The number of benzene rings is 1. The number of hydrogen-bond acceptors (Lipinski definition) is 3. The van der Waals surface area contributed by atoms with E-state index in [1.807, 2.05) is 39.0 Å². The maximum absolute atomic E-state index is 11.8. The molecule has 1 saturated heterocycles. The third-order valence-corrected chi connectivity index (χ3v) is 4.38. The van der Waals surface area contributed by atoms with E-state index in [2.05, 4.69) is 26.1 Å². The van der Waals surface area contributed by atoms with Gasteiger partial charge in [-0.3, -0.25) is 4.90 Å². The molecule has 4 nitrogen and oxygen atoms in total. The van der Waals surface area contributed by atoms with Crippen LogP contribution in [0.15, 0.2) is 22.7 Å². The van der Waals surface area contributed by atoms with Crippen LogP contribution >= 0.6 is 27.5 Å². The summed E-state index contributed by atoms with van der Waals surface area (Å²) in [6.07, 6.45) is 0.594. The first-order valence-corrected chi connectivity index (χ1v) is 8.56. The Morgan fingerprint density at radius 3 is 2.86 bits per heavy atom. The first-order chi connectivity index (χ1) is 10.2. The summed E-state index contributed by atoms with van der Waals surface area (Å²) in [7, 11) is 0. The van der Waals surface area contributed by atoms with Gasteiger partial charge in [0.2, 0.25) is 0 Å². The molecular weight excluding hydrogens is 368 g/mol. The monoisotopic (exact) mass is 388 g/mol. The molecule has 2 rings (SSSR count). The molecule has 122 valence electrons. The van der Waals surface area contributed by atoms with Crippen LogP contribution in [0.5, 0.6) is 0 Å². The second-order valence-electron chi connectivity index (χ2n) is 6.60. The highest BCUT2D eigenvalue weighted by molar-refractivity contribution is 9.10. The molecule has 1 amide bonds. The molecule has 0 radical (unpaired) electrons. The summed E-state index contributed by atoms with van der Waals surface area (Å²) in [5.41, 5.74) is 0.735. The predicted octanol–water partition coefficient (Wildman–Crippen LogP) is 4.20. The fourth-order valence-electron chi connectivity index (χ4n) is 2.46. The van der Waals surface area contributed by atoms with E-state index in [1.165, 1.54) is 5.56 Å². The van der Waals surface area contributed by atoms with Gasteiger partial charge in [0.15, 0.2) is 0 Å². The first-order valence-electron chi connectivity index (χ1n) is 7.39. The lowest BCUT2D eigenvalue weighted by molar-refractivity contribution is 0.0506. The third kappa shape index (κ3) is 5.45. The number of amides is 1. The van der Waals surface area contributed by atoms with E-state index in [-0.39, 0.29) is 12.1 Å². The number of carbonyl (C=O) groups excluding carboxylic acids is 1. The normalized spacial score (nSPS) is 19.2. The molecule has 1 heterocycles. The van der Waals surface area contributed by atoms with Crippen LogP contribution in [0.4, 0.5) is 4.79 Å². The predicted molar refractivity (Wildman–Crippen MR) is 92.2 cm³/mol.